The number of phenols is 1. The largest absolute Gasteiger partial charge is 0.508 e. The summed E-state index contributed by atoms with van der Waals surface area (Å²) in [5.74, 6) is 0.319. The topological polar surface area (TPSA) is 52.6 Å². The third kappa shape index (κ3) is 2.84. The van der Waals surface area contributed by atoms with Crippen molar-refractivity contribution in [1.82, 2.24) is 4.90 Å². The molecule has 1 heterocycles. The van der Waals surface area contributed by atoms with Crippen LogP contribution in [0, 0.1) is 0 Å². The lowest BCUT2D eigenvalue weighted by molar-refractivity contribution is -0.131. The Bertz CT molecular complexity index is 627. The molecule has 21 heavy (non-hydrogen) atoms. The summed E-state index contributed by atoms with van der Waals surface area (Å²) in [6.45, 7) is 0.535. The molecule has 2 aromatic carbocycles. The zero-order chi connectivity index (χ0) is 14.8. The Kier molecular flexibility index (Phi) is 3.52. The highest BCUT2D eigenvalue weighted by Crippen LogP contribution is 2.26. The molecule has 2 aromatic rings. The fraction of sp³-hybridized carbons (Fsp3) is 0.235. The fourth-order valence-corrected chi connectivity index (χ4v) is 2.67. The molecule has 0 unspecified atom stereocenters. The first-order chi connectivity index (χ1) is 10.1. The number of hydrogen-bond donors (Lipinski definition) is 2. The summed E-state index contributed by atoms with van der Waals surface area (Å²) in [6, 6.07) is 14.8. The molecule has 1 aliphatic rings. The van der Waals surface area contributed by atoms with Gasteiger partial charge in [-0.15, -0.1) is 0 Å². The second kappa shape index (κ2) is 5.48. The van der Waals surface area contributed by atoms with Gasteiger partial charge in [0.05, 0.1) is 0 Å². The summed E-state index contributed by atoms with van der Waals surface area (Å²) in [6.07, 6.45) is 0.731. The molecule has 0 bridgehead atoms. The number of para-hydroxylation sites is 1. The van der Waals surface area contributed by atoms with E-state index in [1.807, 2.05) is 30.3 Å². The summed E-state index contributed by atoms with van der Waals surface area (Å²) in [7, 11) is 1.81. The first kappa shape index (κ1) is 13.5. The highest BCUT2D eigenvalue weighted by molar-refractivity contribution is 5.87. The van der Waals surface area contributed by atoms with E-state index in [0.717, 1.165) is 17.7 Å². The van der Waals surface area contributed by atoms with Crippen molar-refractivity contribution >= 4 is 11.6 Å². The monoisotopic (exact) mass is 282 g/mol. The standard InChI is InChI=1S/C17H18N2O2/c1-19(11-12-6-8-14(20)9-7-12)17(21)16-10-13-4-2-3-5-15(13)18-16/h2-9,16,18,20H,10-11H2,1H3/t16-/m0/s1. The van der Waals surface area contributed by atoms with E-state index in [4.69, 9.17) is 0 Å². The van der Waals surface area contributed by atoms with Crippen LogP contribution in [0.1, 0.15) is 11.1 Å². The number of nitrogens with zero attached hydrogens (tertiary/aromatic N) is 1. The van der Waals surface area contributed by atoms with E-state index in [1.54, 1.807) is 24.1 Å². The number of likely N-dealkylation sites (N-methyl/N-ethyl adjacent to an activating group) is 1. The molecule has 0 saturated carbocycles. The fourth-order valence-electron chi connectivity index (χ4n) is 2.67. The van der Waals surface area contributed by atoms with Crippen LogP contribution < -0.4 is 5.32 Å². The van der Waals surface area contributed by atoms with Crippen LogP contribution in [0.15, 0.2) is 48.5 Å². The Labute approximate surface area is 124 Å². The molecular weight excluding hydrogens is 264 g/mol. The average molecular weight is 282 g/mol. The Hall–Kier alpha value is -2.49. The summed E-state index contributed by atoms with van der Waals surface area (Å²) in [5, 5.41) is 12.6. The van der Waals surface area contributed by atoms with Gasteiger partial charge in [-0.2, -0.15) is 0 Å². The molecule has 1 aliphatic heterocycles. The van der Waals surface area contributed by atoms with Gasteiger partial charge in [-0.25, -0.2) is 0 Å². The Balaban J connectivity index is 1.65. The minimum atomic E-state index is -0.190. The lowest BCUT2D eigenvalue weighted by Gasteiger charge is -2.21. The van der Waals surface area contributed by atoms with Crippen LogP contribution >= 0.6 is 0 Å². The summed E-state index contributed by atoms with van der Waals surface area (Å²) in [4.78, 5) is 14.2. The van der Waals surface area contributed by atoms with Gasteiger partial charge in [0.2, 0.25) is 5.91 Å². The molecular formula is C17H18N2O2. The maximum absolute atomic E-state index is 12.5. The van der Waals surface area contributed by atoms with Crippen LogP contribution in [-0.2, 0) is 17.8 Å². The molecule has 1 atom stereocenters. The van der Waals surface area contributed by atoms with E-state index < -0.39 is 0 Å². The van der Waals surface area contributed by atoms with Crippen molar-refractivity contribution in [2.45, 2.75) is 19.0 Å². The molecule has 2 N–H and O–H groups in total. The second-order valence-corrected chi connectivity index (χ2v) is 5.42. The van der Waals surface area contributed by atoms with Crippen molar-refractivity contribution in [1.29, 1.82) is 0 Å². The Morgan fingerprint density at radius 3 is 2.67 bits per heavy atom. The predicted molar refractivity (Wildman–Crippen MR) is 82.1 cm³/mol. The highest BCUT2D eigenvalue weighted by Gasteiger charge is 2.28. The Morgan fingerprint density at radius 2 is 1.95 bits per heavy atom. The maximum Gasteiger partial charge on any atom is 0.245 e. The van der Waals surface area contributed by atoms with Crippen molar-refractivity contribution in [2.75, 3.05) is 12.4 Å². The van der Waals surface area contributed by atoms with Crippen LogP contribution in [0.5, 0.6) is 5.75 Å². The van der Waals surface area contributed by atoms with Crippen LogP contribution in [0.4, 0.5) is 5.69 Å². The molecule has 0 radical (unpaired) electrons. The molecule has 1 amide bonds. The maximum atomic E-state index is 12.5. The smallest absolute Gasteiger partial charge is 0.245 e. The summed E-state index contributed by atoms with van der Waals surface area (Å²) < 4.78 is 0. The molecule has 4 heteroatoms. The second-order valence-electron chi connectivity index (χ2n) is 5.42. The first-order valence-corrected chi connectivity index (χ1v) is 7.01. The molecule has 0 saturated heterocycles. The minimum absolute atomic E-state index is 0.0827. The normalized spacial score (nSPS) is 16.1. The molecule has 108 valence electrons. The van der Waals surface area contributed by atoms with Crippen molar-refractivity contribution in [3.8, 4) is 5.75 Å². The van der Waals surface area contributed by atoms with Gasteiger partial charge >= 0.3 is 0 Å². The van der Waals surface area contributed by atoms with Crippen LogP contribution in [0.25, 0.3) is 0 Å². The molecule has 0 aromatic heterocycles. The van der Waals surface area contributed by atoms with Crippen LogP contribution in [0.3, 0.4) is 0 Å². The molecule has 0 fully saturated rings. The number of anilines is 1. The third-order valence-electron chi connectivity index (χ3n) is 3.80. The number of phenolic OH excluding ortho intramolecular Hbond substituents is 1. The number of carbonyl (C=O) groups is 1. The Morgan fingerprint density at radius 1 is 1.24 bits per heavy atom. The lowest BCUT2D eigenvalue weighted by atomic mass is 10.1. The van der Waals surface area contributed by atoms with Gasteiger partial charge in [0.1, 0.15) is 11.8 Å². The number of amides is 1. The van der Waals surface area contributed by atoms with Crippen LogP contribution in [-0.4, -0.2) is 29.0 Å². The molecule has 0 aliphatic carbocycles. The lowest BCUT2D eigenvalue weighted by Crippen LogP contribution is -2.39. The number of rotatable bonds is 3. The predicted octanol–water partition coefficient (Wildman–Crippen LogP) is 2.39. The van der Waals surface area contributed by atoms with E-state index in [1.165, 1.54) is 5.56 Å². The van der Waals surface area contributed by atoms with E-state index in [-0.39, 0.29) is 17.7 Å². The van der Waals surface area contributed by atoms with E-state index in [9.17, 15) is 9.90 Å². The van der Waals surface area contributed by atoms with E-state index in [0.29, 0.717) is 6.54 Å². The number of fused-ring (bicyclic) bond motifs is 1. The van der Waals surface area contributed by atoms with Crippen molar-refractivity contribution in [3.05, 3.63) is 59.7 Å². The van der Waals surface area contributed by atoms with E-state index >= 15 is 0 Å². The number of nitrogens with one attached hydrogen (secondary N) is 1. The van der Waals surface area contributed by atoms with Gasteiger partial charge in [-0.05, 0) is 29.3 Å². The van der Waals surface area contributed by atoms with Crippen molar-refractivity contribution in [3.63, 3.8) is 0 Å². The van der Waals surface area contributed by atoms with Gasteiger partial charge in [0.25, 0.3) is 0 Å². The summed E-state index contributed by atoms with van der Waals surface area (Å²) in [5.41, 5.74) is 3.24. The quantitative estimate of drug-likeness (QED) is 0.909. The van der Waals surface area contributed by atoms with E-state index in [2.05, 4.69) is 11.4 Å². The number of benzene rings is 2. The van der Waals surface area contributed by atoms with Gasteiger partial charge < -0.3 is 15.3 Å². The number of carbonyl (C=O) groups excluding carboxylic acids is 1. The molecule has 0 spiro atoms. The molecule has 3 rings (SSSR count). The zero-order valence-corrected chi connectivity index (χ0v) is 11.9. The summed E-state index contributed by atoms with van der Waals surface area (Å²) >= 11 is 0. The number of aromatic hydroxyl groups is 1. The van der Waals surface area contributed by atoms with Crippen molar-refractivity contribution in [2.24, 2.45) is 0 Å². The van der Waals surface area contributed by atoms with Gasteiger partial charge in [-0.1, -0.05) is 30.3 Å². The third-order valence-corrected chi connectivity index (χ3v) is 3.80. The minimum Gasteiger partial charge on any atom is -0.508 e. The molecule has 4 nitrogen and oxygen atoms in total. The highest BCUT2D eigenvalue weighted by atomic mass is 16.3. The van der Waals surface area contributed by atoms with Gasteiger partial charge in [0, 0.05) is 25.7 Å². The zero-order valence-electron chi connectivity index (χ0n) is 11.9. The van der Waals surface area contributed by atoms with Gasteiger partial charge in [-0.3, -0.25) is 4.79 Å². The van der Waals surface area contributed by atoms with Crippen LogP contribution in [0.2, 0.25) is 0 Å². The SMILES string of the molecule is CN(Cc1ccc(O)cc1)C(=O)[C@@H]1Cc2ccccc2N1. The van der Waals surface area contributed by atoms with Crippen molar-refractivity contribution < 1.29 is 9.90 Å². The number of hydrogen-bond acceptors (Lipinski definition) is 3. The van der Waals surface area contributed by atoms with Gasteiger partial charge in [0.15, 0.2) is 0 Å². The average Bonchev–Trinajstić information content (AvgIpc) is 2.92. The first-order valence-electron chi connectivity index (χ1n) is 7.01.